The van der Waals surface area contributed by atoms with E-state index >= 15 is 0 Å². The van der Waals surface area contributed by atoms with Crippen LogP contribution in [0.25, 0.3) is 44.7 Å². The van der Waals surface area contributed by atoms with Crippen molar-refractivity contribution in [3.63, 3.8) is 0 Å². The standard InChI is InChI=1S/C29H26N6O2/c1-18-3-2-4-25(35-18)28-27(33-17-34-28)20-5-6-24-21(13-20)14-22(16-32-24)19-7-12-31-26(15-19)29(36)37-23-8-10-30-11-9-23/h2-7,12-17,23,30H,8-11H2,1H3,(H,33,34). The predicted octanol–water partition coefficient (Wildman–Crippen LogP) is 4.97. The van der Waals surface area contributed by atoms with Gasteiger partial charge < -0.3 is 15.0 Å². The Morgan fingerprint density at radius 3 is 2.68 bits per heavy atom. The van der Waals surface area contributed by atoms with Gasteiger partial charge in [0, 0.05) is 34.6 Å². The van der Waals surface area contributed by atoms with E-state index in [1.54, 1.807) is 18.6 Å². The fraction of sp³-hybridized carbons (Fsp3) is 0.207. The first-order chi connectivity index (χ1) is 18.1. The summed E-state index contributed by atoms with van der Waals surface area (Å²) in [5, 5.41) is 4.25. The van der Waals surface area contributed by atoms with Gasteiger partial charge in [-0.15, -0.1) is 0 Å². The lowest BCUT2D eigenvalue weighted by Gasteiger charge is -2.22. The molecule has 8 nitrogen and oxygen atoms in total. The highest BCUT2D eigenvalue weighted by molar-refractivity contribution is 5.91. The first-order valence-corrected chi connectivity index (χ1v) is 12.4. The SMILES string of the molecule is Cc1cccc(-c2[nH]cnc2-c2ccc3ncc(-c4ccnc(C(=O)OC5CCNCC5)c4)cc3c2)n1. The van der Waals surface area contributed by atoms with Crippen molar-refractivity contribution in [2.45, 2.75) is 25.9 Å². The van der Waals surface area contributed by atoms with E-state index < -0.39 is 0 Å². The molecule has 1 fully saturated rings. The average molecular weight is 491 g/mol. The highest BCUT2D eigenvalue weighted by Crippen LogP contribution is 2.31. The van der Waals surface area contributed by atoms with Crippen LogP contribution >= 0.6 is 0 Å². The van der Waals surface area contributed by atoms with Crippen molar-refractivity contribution in [2.75, 3.05) is 13.1 Å². The van der Waals surface area contributed by atoms with Crippen molar-refractivity contribution in [2.24, 2.45) is 0 Å². The number of hydrogen-bond donors (Lipinski definition) is 2. The van der Waals surface area contributed by atoms with Gasteiger partial charge in [-0.25, -0.2) is 14.8 Å². The lowest BCUT2D eigenvalue weighted by atomic mass is 10.0. The Morgan fingerprint density at radius 1 is 0.946 bits per heavy atom. The molecule has 0 atom stereocenters. The number of aromatic amines is 1. The van der Waals surface area contributed by atoms with Crippen molar-refractivity contribution in [3.05, 3.63) is 84.7 Å². The number of carbonyl (C=O) groups excluding carboxylic acids is 1. The van der Waals surface area contributed by atoms with Crippen LogP contribution in [-0.2, 0) is 4.74 Å². The van der Waals surface area contributed by atoms with Gasteiger partial charge in [-0.1, -0.05) is 12.1 Å². The molecule has 5 heterocycles. The van der Waals surface area contributed by atoms with E-state index in [2.05, 4.69) is 42.4 Å². The van der Waals surface area contributed by atoms with Crippen molar-refractivity contribution >= 4 is 16.9 Å². The molecule has 184 valence electrons. The second-order valence-electron chi connectivity index (χ2n) is 9.21. The summed E-state index contributed by atoms with van der Waals surface area (Å²) in [7, 11) is 0. The van der Waals surface area contributed by atoms with Crippen molar-refractivity contribution in [3.8, 4) is 33.8 Å². The molecule has 1 saturated heterocycles. The first kappa shape index (κ1) is 23.0. The first-order valence-electron chi connectivity index (χ1n) is 12.4. The summed E-state index contributed by atoms with van der Waals surface area (Å²) in [6, 6.07) is 17.7. The molecular formula is C29H26N6O2. The number of hydrogen-bond acceptors (Lipinski definition) is 7. The van der Waals surface area contributed by atoms with E-state index in [-0.39, 0.29) is 12.1 Å². The van der Waals surface area contributed by atoms with Crippen LogP contribution in [0.3, 0.4) is 0 Å². The molecule has 0 saturated carbocycles. The molecule has 37 heavy (non-hydrogen) atoms. The van der Waals surface area contributed by atoms with Gasteiger partial charge in [-0.05, 0) is 80.9 Å². The van der Waals surface area contributed by atoms with Gasteiger partial charge in [0.05, 0.1) is 28.9 Å². The number of imidazole rings is 1. The van der Waals surface area contributed by atoms with E-state index in [1.165, 1.54) is 0 Å². The van der Waals surface area contributed by atoms with E-state index in [4.69, 9.17) is 4.74 Å². The summed E-state index contributed by atoms with van der Waals surface area (Å²) in [4.78, 5) is 34.1. The fourth-order valence-corrected chi connectivity index (χ4v) is 4.67. The molecule has 0 radical (unpaired) electrons. The number of nitrogens with zero attached hydrogens (tertiary/aromatic N) is 4. The molecule has 6 rings (SSSR count). The zero-order valence-corrected chi connectivity index (χ0v) is 20.4. The number of pyridine rings is 3. The third-order valence-electron chi connectivity index (χ3n) is 6.60. The maximum Gasteiger partial charge on any atom is 0.357 e. The molecule has 0 spiro atoms. The molecule has 5 aromatic rings. The summed E-state index contributed by atoms with van der Waals surface area (Å²) in [6.45, 7) is 3.69. The molecule has 0 unspecified atom stereocenters. The Morgan fingerprint density at radius 2 is 1.81 bits per heavy atom. The van der Waals surface area contributed by atoms with E-state index in [0.29, 0.717) is 5.69 Å². The fourth-order valence-electron chi connectivity index (χ4n) is 4.67. The summed E-state index contributed by atoms with van der Waals surface area (Å²) in [6.07, 6.45) is 6.71. The molecule has 0 bridgehead atoms. The minimum absolute atomic E-state index is 0.0677. The van der Waals surface area contributed by atoms with Crippen LogP contribution in [0.15, 0.2) is 73.3 Å². The van der Waals surface area contributed by atoms with Crippen LogP contribution in [0, 0.1) is 6.92 Å². The highest BCUT2D eigenvalue weighted by atomic mass is 16.5. The number of rotatable bonds is 5. The number of carbonyl (C=O) groups is 1. The van der Waals surface area contributed by atoms with Gasteiger partial charge >= 0.3 is 5.97 Å². The molecule has 0 aliphatic carbocycles. The zero-order valence-electron chi connectivity index (χ0n) is 20.4. The molecule has 2 N–H and O–H groups in total. The number of piperidine rings is 1. The second kappa shape index (κ2) is 9.91. The third-order valence-corrected chi connectivity index (χ3v) is 6.60. The van der Waals surface area contributed by atoms with Gasteiger partial charge in [0.25, 0.3) is 0 Å². The third kappa shape index (κ3) is 4.83. The summed E-state index contributed by atoms with van der Waals surface area (Å²) in [5.74, 6) is -0.388. The summed E-state index contributed by atoms with van der Waals surface area (Å²) >= 11 is 0. The van der Waals surface area contributed by atoms with Gasteiger partial charge in [-0.2, -0.15) is 0 Å². The minimum atomic E-state index is -0.388. The quantitative estimate of drug-likeness (QED) is 0.335. The lowest BCUT2D eigenvalue weighted by molar-refractivity contribution is 0.0223. The summed E-state index contributed by atoms with van der Waals surface area (Å²) in [5.41, 5.74) is 7.39. The number of aryl methyl sites for hydroxylation is 1. The second-order valence-corrected chi connectivity index (χ2v) is 9.21. The Bertz CT molecular complexity index is 1590. The van der Waals surface area contributed by atoms with Crippen LogP contribution in [0.1, 0.15) is 29.0 Å². The van der Waals surface area contributed by atoms with Crippen molar-refractivity contribution in [1.82, 2.24) is 30.2 Å². The molecule has 8 heteroatoms. The molecule has 0 amide bonds. The maximum absolute atomic E-state index is 12.7. The average Bonchev–Trinajstić information content (AvgIpc) is 3.43. The molecule has 1 aliphatic heterocycles. The lowest BCUT2D eigenvalue weighted by Crippen LogP contribution is -2.33. The number of nitrogens with one attached hydrogen (secondary N) is 2. The van der Waals surface area contributed by atoms with Crippen molar-refractivity contribution < 1.29 is 9.53 Å². The molecule has 1 aromatic carbocycles. The Labute approximate surface area is 214 Å². The van der Waals surface area contributed by atoms with E-state index in [0.717, 1.165) is 76.3 Å². The van der Waals surface area contributed by atoms with Crippen LogP contribution in [0.5, 0.6) is 0 Å². The molecular weight excluding hydrogens is 464 g/mol. The van der Waals surface area contributed by atoms with Crippen LogP contribution in [0.2, 0.25) is 0 Å². The topological polar surface area (TPSA) is 106 Å². The smallest absolute Gasteiger partial charge is 0.357 e. The Balaban J connectivity index is 1.31. The van der Waals surface area contributed by atoms with Crippen molar-refractivity contribution in [1.29, 1.82) is 0 Å². The Hall–Kier alpha value is -4.43. The highest BCUT2D eigenvalue weighted by Gasteiger charge is 2.20. The monoisotopic (exact) mass is 490 g/mol. The number of H-pyrrole nitrogens is 1. The molecule has 4 aromatic heterocycles. The van der Waals surface area contributed by atoms with Crippen LogP contribution in [-0.4, -0.2) is 50.1 Å². The number of benzene rings is 1. The van der Waals surface area contributed by atoms with Crippen LogP contribution < -0.4 is 5.32 Å². The number of aromatic nitrogens is 5. The van der Waals surface area contributed by atoms with Gasteiger partial charge in [0.15, 0.2) is 0 Å². The number of ether oxygens (including phenoxy) is 1. The molecule has 1 aliphatic rings. The minimum Gasteiger partial charge on any atom is -0.458 e. The predicted molar refractivity (Wildman–Crippen MR) is 142 cm³/mol. The number of esters is 1. The number of fused-ring (bicyclic) bond motifs is 1. The van der Waals surface area contributed by atoms with Gasteiger partial charge in [0.2, 0.25) is 0 Å². The largest absolute Gasteiger partial charge is 0.458 e. The van der Waals surface area contributed by atoms with E-state index in [1.807, 2.05) is 49.5 Å². The Kier molecular flexibility index (Phi) is 6.16. The zero-order chi connectivity index (χ0) is 25.2. The maximum atomic E-state index is 12.7. The van der Waals surface area contributed by atoms with E-state index in [9.17, 15) is 4.79 Å². The van der Waals surface area contributed by atoms with Crippen LogP contribution in [0.4, 0.5) is 0 Å². The normalized spacial score (nSPS) is 14.1. The van der Waals surface area contributed by atoms with Gasteiger partial charge in [0.1, 0.15) is 11.8 Å². The summed E-state index contributed by atoms with van der Waals surface area (Å²) < 4.78 is 5.68. The van der Waals surface area contributed by atoms with Gasteiger partial charge in [-0.3, -0.25) is 9.97 Å².